The van der Waals surface area contributed by atoms with E-state index < -0.39 is 67.1 Å². The number of guanidine groups is 1. The summed E-state index contributed by atoms with van der Waals surface area (Å²) in [4.78, 5) is 40.6. The first-order valence-electron chi connectivity index (χ1n) is 16.1. The number of amides is 5. The highest BCUT2D eigenvalue weighted by molar-refractivity contribution is 5.91. The summed E-state index contributed by atoms with van der Waals surface area (Å²) in [6, 6.07) is 1.35. The molecule has 19 heteroatoms. The standard InChI is InChI=1S/C30H50N10O9/c1-16-21(39-30(46)40-26-22(38-29(34)45)24(43)19(41)15-47-26)25(44)23(37-28(32)33)27(48-16)49-18-8-5-17(6-9-18)7-10-20(42)36-14-4-13-35-12-3-2-11-31/h5-10,16,19,21-27,35,41,43-44H,2-4,11-15,31H2,1H3,(H,36,42)(H4,32,33,37)(H3,34,38,45)(H2,39,40,46)/b10-7+. The Hall–Kier alpha value is -4.24. The van der Waals surface area contributed by atoms with E-state index in [9.17, 15) is 29.7 Å². The number of rotatable bonds is 16. The Kier molecular flexibility index (Phi) is 15.7. The van der Waals surface area contributed by atoms with E-state index in [1.165, 1.54) is 6.08 Å². The number of carbonyl (C=O) groups excluding carboxylic acids is 3. The van der Waals surface area contributed by atoms with E-state index in [1.54, 1.807) is 37.3 Å². The Morgan fingerprint density at radius 1 is 0.959 bits per heavy atom. The van der Waals surface area contributed by atoms with Crippen LogP contribution in [-0.2, 0) is 14.3 Å². The van der Waals surface area contributed by atoms with E-state index in [4.69, 9.17) is 37.1 Å². The SMILES string of the molecule is CC1OC(Oc2ccc(/C=C/C(=O)NCCCNCCCCN)cc2)C(N=C(N)N)C(O)C1NC(=O)NC1OCC(O)C(O)C1NC(N)=O. The first-order valence-corrected chi connectivity index (χ1v) is 16.1. The van der Waals surface area contributed by atoms with Gasteiger partial charge in [-0.25, -0.2) is 14.6 Å². The summed E-state index contributed by atoms with van der Waals surface area (Å²) in [5.74, 6) is -0.225. The molecule has 0 bridgehead atoms. The van der Waals surface area contributed by atoms with Crippen LogP contribution in [0.4, 0.5) is 9.59 Å². The van der Waals surface area contributed by atoms with Crippen molar-refractivity contribution in [3.8, 4) is 5.75 Å². The number of primary amides is 1. The summed E-state index contributed by atoms with van der Waals surface area (Å²) >= 11 is 0. The molecule has 3 rings (SSSR count). The van der Waals surface area contributed by atoms with Crippen LogP contribution in [0.15, 0.2) is 35.3 Å². The summed E-state index contributed by atoms with van der Waals surface area (Å²) in [5.41, 5.74) is 22.6. The van der Waals surface area contributed by atoms with Crippen molar-refractivity contribution in [2.75, 3.05) is 32.8 Å². The average Bonchev–Trinajstić information content (AvgIpc) is 3.05. The van der Waals surface area contributed by atoms with Gasteiger partial charge >= 0.3 is 12.1 Å². The molecule has 5 amide bonds. The number of ether oxygens (including phenoxy) is 3. The fourth-order valence-corrected chi connectivity index (χ4v) is 5.21. The number of nitrogens with zero attached hydrogens (tertiary/aromatic N) is 1. The van der Waals surface area contributed by atoms with Crippen LogP contribution in [0.2, 0.25) is 0 Å². The minimum absolute atomic E-state index is 0.219. The molecular weight excluding hydrogens is 644 g/mol. The second-order valence-corrected chi connectivity index (χ2v) is 11.6. The van der Waals surface area contributed by atoms with Crippen molar-refractivity contribution in [1.29, 1.82) is 0 Å². The Labute approximate surface area is 284 Å². The zero-order chi connectivity index (χ0) is 35.9. The van der Waals surface area contributed by atoms with Gasteiger partial charge in [0.25, 0.3) is 0 Å². The number of aliphatic hydroxyl groups is 3. The third-order valence-corrected chi connectivity index (χ3v) is 7.76. The van der Waals surface area contributed by atoms with Crippen LogP contribution in [-0.4, -0.2) is 127 Å². The number of benzene rings is 1. The monoisotopic (exact) mass is 694 g/mol. The van der Waals surface area contributed by atoms with E-state index >= 15 is 0 Å². The van der Waals surface area contributed by atoms with Crippen molar-refractivity contribution >= 4 is 30.0 Å². The second-order valence-electron chi connectivity index (χ2n) is 11.6. The summed E-state index contributed by atoms with van der Waals surface area (Å²) in [7, 11) is 0. The van der Waals surface area contributed by atoms with Crippen LogP contribution in [0.5, 0.6) is 5.75 Å². The van der Waals surface area contributed by atoms with Gasteiger partial charge in [0.15, 0.2) is 12.2 Å². The number of hydrogen-bond acceptors (Lipinski definition) is 12. The van der Waals surface area contributed by atoms with Crippen molar-refractivity contribution in [2.45, 2.75) is 81.2 Å². The first-order chi connectivity index (χ1) is 23.4. The van der Waals surface area contributed by atoms with Crippen molar-refractivity contribution in [3.05, 3.63) is 35.9 Å². The molecule has 2 heterocycles. The van der Waals surface area contributed by atoms with E-state index in [1.807, 2.05) is 0 Å². The predicted octanol–water partition coefficient (Wildman–Crippen LogP) is -3.56. The molecule has 49 heavy (non-hydrogen) atoms. The van der Waals surface area contributed by atoms with E-state index in [0.717, 1.165) is 37.9 Å². The quantitative estimate of drug-likeness (QED) is 0.0346. The fraction of sp³-hybridized carbons (Fsp3) is 0.600. The molecule has 2 saturated heterocycles. The van der Waals surface area contributed by atoms with Gasteiger partial charge in [-0.2, -0.15) is 0 Å². The molecule has 2 aliphatic rings. The largest absolute Gasteiger partial charge is 0.462 e. The second kappa shape index (κ2) is 19.7. The van der Waals surface area contributed by atoms with Crippen LogP contribution in [0.3, 0.4) is 0 Å². The predicted molar refractivity (Wildman–Crippen MR) is 179 cm³/mol. The summed E-state index contributed by atoms with van der Waals surface area (Å²) in [6.45, 7) is 4.19. The van der Waals surface area contributed by atoms with Gasteiger partial charge in [0.05, 0.1) is 18.8 Å². The number of aliphatic hydroxyl groups excluding tert-OH is 3. The Morgan fingerprint density at radius 3 is 2.35 bits per heavy atom. The van der Waals surface area contributed by atoms with Gasteiger partial charge in [-0.15, -0.1) is 0 Å². The smallest absolute Gasteiger partial charge is 0.317 e. The minimum Gasteiger partial charge on any atom is -0.462 e. The number of hydrogen-bond donors (Lipinski definition) is 12. The Bertz CT molecular complexity index is 1270. The number of nitrogens with one attached hydrogen (secondary N) is 5. The molecule has 0 spiro atoms. The fourth-order valence-electron chi connectivity index (χ4n) is 5.21. The summed E-state index contributed by atoms with van der Waals surface area (Å²) in [5, 5.41) is 44.8. The highest BCUT2D eigenvalue weighted by atomic mass is 16.7. The normalized spacial score (nSPS) is 28.3. The van der Waals surface area contributed by atoms with Crippen molar-refractivity contribution in [3.63, 3.8) is 0 Å². The lowest BCUT2D eigenvalue weighted by atomic mass is 9.95. The van der Waals surface area contributed by atoms with E-state index in [0.29, 0.717) is 18.8 Å². The topological polar surface area (TPSA) is 316 Å². The van der Waals surface area contributed by atoms with Crippen LogP contribution in [0.1, 0.15) is 31.7 Å². The number of carbonyl (C=O) groups is 3. The lowest BCUT2D eigenvalue weighted by molar-refractivity contribution is -0.193. The zero-order valence-corrected chi connectivity index (χ0v) is 27.4. The van der Waals surface area contributed by atoms with Crippen LogP contribution < -0.4 is 54.3 Å². The van der Waals surface area contributed by atoms with Crippen LogP contribution in [0, 0.1) is 0 Å². The Balaban J connectivity index is 1.55. The molecule has 2 fully saturated rings. The lowest BCUT2D eigenvalue weighted by Crippen LogP contribution is -2.68. The van der Waals surface area contributed by atoms with Gasteiger partial charge in [-0.05, 0) is 69.6 Å². The van der Waals surface area contributed by atoms with Gasteiger partial charge in [0.1, 0.15) is 36.1 Å². The molecule has 1 aromatic rings. The first kappa shape index (κ1) is 39.2. The van der Waals surface area contributed by atoms with Crippen molar-refractivity contribution in [2.24, 2.45) is 27.9 Å². The highest BCUT2D eigenvalue weighted by Gasteiger charge is 2.46. The molecule has 274 valence electrons. The van der Waals surface area contributed by atoms with Crippen LogP contribution >= 0.6 is 0 Å². The minimum atomic E-state index is -1.48. The molecule has 2 aliphatic heterocycles. The van der Waals surface area contributed by atoms with Gasteiger partial charge in [-0.1, -0.05) is 12.1 Å². The Morgan fingerprint density at radius 2 is 1.67 bits per heavy atom. The number of aliphatic imine (C=N–C) groups is 1. The van der Waals surface area contributed by atoms with Gasteiger partial charge in [-0.3, -0.25) is 4.79 Å². The zero-order valence-electron chi connectivity index (χ0n) is 27.4. The number of nitrogens with two attached hydrogens (primary N) is 4. The third-order valence-electron chi connectivity index (χ3n) is 7.76. The van der Waals surface area contributed by atoms with Gasteiger partial charge < -0.3 is 79.0 Å². The molecule has 0 saturated carbocycles. The summed E-state index contributed by atoms with van der Waals surface area (Å²) < 4.78 is 17.3. The molecule has 19 nitrogen and oxygen atoms in total. The van der Waals surface area contributed by atoms with Crippen LogP contribution in [0.25, 0.3) is 6.08 Å². The maximum atomic E-state index is 12.9. The maximum Gasteiger partial charge on any atom is 0.317 e. The lowest BCUT2D eigenvalue weighted by Gasteiger charge is -2.42. The molecule has 9 unspecified atom stereocenters. The van der Waals surface area contributed by atoms with Gasteiger partial charge in [0, 0.05) is 12.6 Å². The molecule has 9 atom stereocenters. The van der Waals surface area contributed by atoms with Gasteiger partial charge in [0.2, 0.25) is 12.2 Å². The molecule has 16 N–H and O–H groups in total. The molecular formula is C30H50N10O9. The van der Waals surface area contributed by atoms with E-state index in [-0.39, 0.29) is 18.5 Å². The third kappa shape index (κ3) is 12.6. The summed E-state index contributed by atoms with van der Waals surface area (Å²) in [6.07, 6.45) is -1.59. The number of urea groups is 2. The maximum absolute atomic E-state index is 12.9. The average molecular weight is 695 g/mol. The van der Waals surface area contributed by atoms with Crippen molar-refractivity contribution in [1.82, 2.24) is 26.6 Å². The molecule has 0 aromatic heterocycles. The number of unbranched alkanes of at least 4 members (excludes halogenated alkanes) is 1. The van der Waals surface area contributed by atoms with E-state index in [2.05, 4.69) is 31.6 Å². The molecule has 1 aromatic carbocycles. The highest BCUT2D eigenvalue weighted by Crippen LogP contribution is 2.27. The van der Waals surface area contributed by atoms with Crippen molar-refractivity contribution < 1.29 is 43.9 Å². The molecule has 0 radical (unpaired) electrons. The molecule has 0 aliphatic carbocycles.